The minimum atomic E-state index is 0.394. The Labute approximate surface area is 127 Å². The van der Waals surface area contributed by atoms with Crippen molar-refractivity contribution in [2.24, 2.45) is 4.99 Å². The lowest BCUT2D eigenvalue weighted by Crippen LogP contribution is -2.59. The molecule has 3 aliphatic rings. The second-order valence-corrected chi connectivity index (χ2v) is 7.59. The van der Waals surface area contributed by atoms with Gasteiger partial charge < -0.3 is 10.2 Å². The van der Waals surface area contributed by atoms with Crippen LogP contribution in [0.1, 0.15) is 32.1 Å². The lowest BCUT2D eigenvalue weighted by Gasteiger charge is -2.48. The molecule has 3 rings (SSSR count). The van der Waals surface area contributed by atoms with E-state index in [0.717, 1.165) is 25.6 Å². The van der Waals surface area contributed by atoms with Crippen molar-refractivity contribution in [1.82, 2.24) is 15.1 Å². The standard InChI is InChI=1S/C15H28N4S/c1-18-8-7-16-14(18)17-13-15(5-3-2-4-6-15)19-9-11-20-12-10-19/h2-13H2,1H3,(H,16,17). The fourth-order valence-electron chi connectivity index (χ4n) is 3.82. The van der Waals surface area contributed by atoms with Gasteiger partial charge in [-0.15, -0.1) is 0 Å². The topological polar surface area (TPSA) is 30.9 Å². The summed E-state index contributed by atoms with van der Waals surface area (Å²) in [6.07, 6.45) is 6.94. The Hall–Kier alpha value is -0.420. The van der Waals surface area contributed by atoms with Gasteiger partial charge in [-0.25, -0.2) is 0 Å². The highest BCUT2D eigenvalue weighted by Crippen LogP contribution is 2.34. The summed E-state index contributed by atoms with van der Waals surface area (Å²) in [6.45, 7) is 5.64. The summed E-state index contributed by atoms with van der Waals surface area (Å²) in [6, 6.07) is 0. The Kier molecular flexibility index (Phi) is 4.76. The molecule has 2 aliphatic heterocycles. The number of hydrogen-bond acceptors (Lipinski definition) is 5. The molecule has 0 radical (unpaired) electrons. The lowest BCUT2D eigenvalue weighted by molar-refractivity contribution is 0.0622. The van der Waals surface area contributed by atoms with Crippen molar-refractivity contribution in [1.29, 1.82) is 0 Å². The van der Waals surface area contributed by atoms with Gasteiger partial charge in [-0.2, -0.15) is 11.8 Å². The van der Waals surface area contributed by atoms with Crippen molar-refractivity contribution in [3.8, 4) is 0 Å². The molecular formula is C15H28N4S. The number of nitrogens with one attached hydrogen (secondary N) is 1. The third-order valence-electron chi connectivity index (χ3n) is 5.10. The molecule has 0 aromatic heterocycles. The molecule has 0 bridgehead atoms. The predicted molar refractivity (Wildman–Crippen MR) is 87.6 cm³/mol. The molecule has 114 valence electrons. The van der Waals surface area contributed by atoms with Crippen molar-refractivity contribution in [3.63, 3.8) is 0 Å². The van der Waals surface area contributed by atoms with E-state index in [1.54, 1.807) is 0 Å². The van der Waals surface area contributed by atoms with E-state index >= 15 is 0 Å². The molecule has 1 saturated heterocycles. The van der Waals surface area contributed by atoms with Crippen LogP contribution in [0.5, 0.6) is 0 Å². The highest BCUT2D eigenvalue weighted by Gasteiger charge is 2.38. The van der Waals surface area contributed by atoms with Gasteiger partial charge >= 0.3 is 0 Å². The highest BCUT2D eigenvalue weighted by molar-refractivity contribution is 7.99. The van der Waals surface area contributed by atoms with Gasteiger partial charge in [0.2, 0.25) is 0 Å². The number of likely N-dealkylation sites (N-methyl/N-ethyl adjacent to an activating group) is 1. The van der Waals surface area contributed by atoms with Gasteiger partial charge in [0.15, 0.2) is 5.96 Å². The number of nitrogens with zero attached hydrogens (tertiary/aromatic N) is 3. The van der Waals surface area contributed by atoms with E-state index in [1.165, 1.54) is 56.7 Å². The van der Waals surface area contributed by atoms with Crippen LogP contribution in [-0.2, 0) is 0 Å². The van der Waals surface area contributed by atoms with Crippen LogP contribution < -0.4 is 5.32 Å². The van der Waals surface area contributed by atoms with Crippen LogP contribution in [0.4, 0.5) is 0 Å². The number of rotatable bonds is 3. The number of thioether (sulfide) groups is 1. The summed E-state index contributed by atoms with van der Waals surface area (Å²) < 4.78 is 0. The third-order valence-corrected chi connectivity index (χ3v) is 6.04. The first-order valence-corrected chi connectivity index (χ1v) is 9.28. The Balaban J connectivity index is 1.65. The number of guanidine groups is 1. The molecule has 1 saturated carbocycles. The predicted octanol–water partition coefficient (Wildman–Crippen LogP) is 1.63. The zero-order chi connectivity index (χ0) is 13.8. The monoisotopic (exact) mass is 296 g/mol. The van der Waals surface area contributed by atoms with Gasteiger partial charge in [-0.05, 0) is 12.8 Å². The Morgan fingerprint density at radius 1 is 1.15 bits per heavy atom. The second kappa shape index (κ2) is 6.56. The normalized spacial score (nSPS) is 27.4. The summed E-state index contributed by atoms with van der Waals surface area (Å²) in [5.74, 6) is 3.73. The molecule has 1 N–H and O–H groups in total. The van der Waals surface area contributed by atoms with Crippen LogP contribution in [0.2, 0.25) is 0 Å². The maximum absolute atomic E-state index is 4.59. The van der Waals surface area contributed by atoms with Gasteiger partial charge in [0.1, 0.15) is 0 Å². The van der Waals surface area contributed by atoms with Crippen molar-refractivity contribution < 1.29 is 0 Å². The lowest BCUT2D eigenvalue weighted by atomic mass is 9.80. The van der Waals surface area contributed by atoms with Crippen LogP contribution in [0.25, 0.3) is 0 Å². The average Bonchev–Trinajstić information content (AvgIpc) is 2.92. The quantitative estimate of drug-likeness (QED) is 0.857. The van der Waals surface area contributed by atoms with Crippen molar-refractivity contribution >= 4 is 17.7 Å². The molecule has 1 aliphatic carbocycles. The summed E-state index contributed by atoms with van der Waals surface area (Å²) in [5.41, 5.74) is 0.394. The fourth-order valence-corrected chi connectivity index (χ4v) is 4.72. The molecule has 5 heteroatoms. The molecule has 2 heterocycles. The van der Waals surface area contributed by atoms with Gasteiger partial charge in [0, 0.05) is 50.3 Å². The van der Waals surface area contributed by atoms with Crippen molar-refractivity contribution in [3.05, 3.63) is 0 Å². The van der Waals surface area contributed by atoms with Crippen LogP contribution >= 0.6 is 11.8 Å². The summed E-state index contributed by atoms with van der Waals surface area (Å²) >= 11 is 2.11. The molecule has 0 aromatic rings. The molecule has 0 atom stereocenters. The Morgan fingerprint density at radius 2 is 1.90 bits per heavy atom. The third kappa shape index (κ3) is 3.08. The zero-order valence-corrected chi connectivity index (χ0v) is 13.6. The van der Waals surface area contributed by atoms with Crippen LogP contribution in [-0.4, -0.2) is 72.6 Å². The molecule has 0 spiro atoms. The van der Waals surface area contributed by atoms with Gasteiger partial charge in [0.05, 0.1) is 6.54 Å². The minimum Gasteiger partial charge on any atom is -0.354 e. The first-order chi connectivity index (χ1) is 9.80. The van der Waals surface area contributed by atoms with E-state index in [9.17, 15) is 0 Å². The van der Waals surface area contributed by atoms with Crippen LogP contribution in [0.15, 0.2) is 4.99 Å². The molecule has 20 heavy (non-hydrogen) atoms. The van der Waals surface area contributed by atoms with E-state index in [0.29, 0.717) is 5.54 Å². The van der Waals surface area contributed by atoms with Gasteiger partial charge in [0.25, 0.3) is 0 Å². The minimum absolute atomic E-state index is 0.394. The zero-order valence-electron chi connectivity index (χ0n) is 12.7. The van der Waals surface area contributed by atoms with E-state index in [2.05, 4.69) is 38.9 Å². The molecule has 0 aromatic carbocycles. The van der Waals surface area contributed by atoms with E-state index in [1.807, 2.05) is 0 Å². The van der Waals surface area contributed by atoms with Crippen LogP contribution in [0.3, 0.4) is 0 Å². The maximum atomic E-state index is 4.59. The summed E-state index contributed by atoms with van der Waals surface area (Å²) in [4.78, 5) is 9.62. The number of aliphatic imine (C=N–C) groups is 1. The molecule has 0 amide bonds. The summed E-state index contributed by atoms with van der Waals surface area (Å²) in [7, 11) is 2.14. The van der Waals surface area contributed by atoms with E-state index < -0.39 is 0 Å². The van der Waals surface area contributed by atoms with Gasteiger partial charge in [-0.3, -0.25) is 9.89 Å². The fraction of sp³-hybridized carbons (Fsp3) is 0.933. The first-order valence-electron chi connectivity index (χ1n) is 8.12. The highest BCUT2D eigenvalue weighted by atomic mass is 32.2. The second-order valence-electron chi connectivity index (χ2n) is 6.36. The number of hydrogen-bond donors (Lipinski definition) is 1. The smallest absolute Gasteiger partial charge is 0.193 e. The molecule has 0 unspecified atom stereocenters. The Bertz CT molecular complexity index is 346. The van der Waals surface area contributed by atoms with Crippen LogP contribution in [0, 0.1) is 0 Å². The molecule has 4 nitrogen and oxygen atoms in total. The maximum Gasteiger partial charge on any atom is 0.193 e. The Morgan fingerprint density at radius 3 is 2.55 bits per heavy atom. The molecular weight excluding hydrogens is 268 g/mol. The molecule has 2 fully saturated rings. The van der Waals surface area contributed by atoms with E-state index in [-0.39, 0.29) is 0 Å². The first kappa shape index (κ1) is 14.5. The average molecular weight is 296 g/mol. The van der Waals surface area contributed by atoms with E-state index in [4.69, 9.17) is 0 Å². The summed E-state index contributed by atoms with van der Waals surface area (Å²) in [5, 5.41) is 3.67. The van der Waals surface area contributed by atoms with Gasteiger partial charge in [-0.1, -0.05) is 19.3 Å². The van der Waals surface area contributed by atoms with Crippen molar-refractivity contribution in [2.75, 3.05) is 51.3 Å². The SMILES string of the molecule is CN1CCN=C1NCC1(N2CCSCC2)CCCCC1. The van der Waals surface area contributed by atoms with Crippen molar-refractivity contribution in [2.45, 2.75) is 37.6 Å². The largest absolute Gasteiger partial charge is 0.354 e.